The van der Waals surface area contributed by atoms with Crippen molar-refractivity contribution < 1.29 is 18.6 Å². The van der Waals surface area contributed by atoms with Gasteiger partial charge in [-0.2, -0.15) is 10.5 Å². The van der Waals surface area contributed by atoms with E-state index in [4.69, 9.17) is 41.7 Å². The third kappa shape index (κ3) is 6.24. The Hall–Kier alpha value is -4.26. The predicted octanol–water partition coefficient (Wildman–Crippen LogP) is 5.79. The van der Waals surface area contributed by atoms with E-state index in [9.17, 15) is 10.5 Å². The second-order valence-corrected chi connectivity index (χ2v) is 11.0. The highest BCUT2D eigenvalue weighted by Crippen LogP contribution is 2.38. The number of anilines is 2. The Balaban J connectivity index is 1.37. The van der Waals surface area contributed by atoms with E-state index in [0.29, 0.717) is 51.7 Å². The van der Waals surface area contributed by atoms with Crippen molar-refractivity contribution in [3.8, 4) is 40.5 Å². The summed E-state index contributed by atoms with van der Waals surface area (Å²) in [4.78, 5) is 8.85. The van der Waals surface area contributed by atoms with Crippen LogP contribution in [0.3, 0.4) is 0 Å². The molecule has 2 aromatic heterocycles. The van der Waals surface area contributed by atoms with Crippen molar-refractivity contribution in [3.63, 3.8) is 0 Å². The van der Waals surface area contributed by atoms with Gasteiger partial charge in [-0.25, -0.2) is 9.97 Å². The summed E-state index contributed by atoms with van der Waals surface area (Å²) in [7, 11) is 0. The summed E-state index contributed by atoms with van der Waals surface area (Å²) >= 11 is 7.19. The van der Waals surface area contributed by atoms with Crippen LogP contribution in [0.4, 0.5) is 11.7 Å². The van der Waals surface area contributed by atoms with Crippen molar-refractivity contribution in [3.05, 3.63) is 70.4 Å². The number of nitrogens with zero attached hydrogens (tertiary/aromatic N) is 4. The third-order valence-electron chi connectivity index (χ3n) is 6.23. The van der Waals surface area contributed by atoms with Gasteiger partial charge in [0.25, 0.3) is 0 Å². The number of rotatable bonds is 8. The van der Waals surface area contributed by atoms with Gasteiger partial charge in [-0.1, -0.05) is 35.5 Å². The second kappa shape index (κ2) is 11.7. The van der Waals surface area contributed by atoms with Gasteiger partial charge >= 0.3 is 0 Å². The third-order valence-corrected chi connectivity index (χ3v) is 7.46. The fraction of sp³-hybridized carbons (Fsp3) is 0.241. The van der Waals surface area contributed by atoms with Crippen LogP contribution >= 0.6 is 23.4 Å². The maximum absolute atomic E-state index is 10.1. The van der Waals surface area contributed by atoms with E-state index in [1.807, 2.05) is 13.8 Å². The SMILES string of the molecule is CC1(C)OCC(COc2ccc(-c3c(C#N)c(N)nc(SCc4nc(-c5ccc(Cl)cc5)oc4N)c3C#N)cc2)O1. The maximum atomic E-state index is 10.1. The summed E-state index contributed by atoms with van der Waals surface area (Å²) in [6, 6.07) is 18.4. The minimum Gasteiger partial charge on any atom is -0.491 e. The number of pyridine rings is 1. The standard InChI is InChI=1S/C29H25ClN6O4S/c1-29(2)38-14-20(40-29)13-37-19-9-5-16(6-10-19)24-21(11-31)25(33)36-28(22(24)12-32)41-15-23-26(34)39-27(35-23)17-3-7-18(30)8-4-17/h3-10,20H,13-15,34H2,1-2H3,(H2,33,36). The summed E-state index contributed by atoms with van der Waals surface area (Å²) in [5.41, 5.74) is 14.8. The fourth-order valence-corrected chi connectivity index (χ4v) is 5.32. The van der Waals surface area contributed by atoms with E-state index in [1.54, 1.807) is 48.5 Å². The van der Waals surface area contributed by atoms with Crippen molar-refractivity contribution in [2.45, 2.75) is 36.5 Å². The van der Waals surface area contributed by atoms with Crippen LogP contribution in [0.2, 0.25) is 5.02 Å². The number of oxazole rings is 1. The molecule has 0 aliphatic carbocycles. The molecule has 3 heterocycles. The van der Waals surface area contributed by atoms with Gasteiger partial charge in [0.15, 0.2) is 5.79 Å². The number of thioether (sulfide) groups is 1. The Morgan fingerprint density at radius 1 is 1.02 bits per heavy atom. The monoisotopic (exact) mass is 588 g/mol. The van der Waals surface area contributed by atoms with Crippen molar-refractivity contribution >= 4 is 35.1 Å². The first-order valence-corrected chi connectivity index (χ1v) is 13.9. The van der Waals surface area contributed by atoms with Gasteiger partial charge in [0.2, 0.25) is 11.8 Å². The molecule has 10 nitrogen and oxygen atoms in total. The zero-order valence-electron chi connectivity index (χ0n) is 22.2. The average Bonchev–Trinajstić information content (AvgIpc) is 3.51. The summed E-state index contributed by atoms with van der Waals surface area (Å²) in [5.74, 6) is 0.743. The quantitative estimate of drug-likeness (QED) is 0.239. The molecule has 0 saturated carbocycles. The minimum atomic E-state index is -0.630. The van der Waals surface area contributed by atoms with Crippen LogP contribution in [0, 0.1) is 22.7 Å². The number of nitriles is 2. The summed E-state index contributed by atoms with van der Waals surface area (Å²) in [6.45, 7) is 4.48. The van der Waals surface area contributed by atoms with Gasteiger partial charge in [0.05, 0.1) is 12.2 Å². The molecule has 1 atom stereocenters. The Bertz CT molecular complexity index is 1660. The van der Waals surface area contributed by atoms with Crippen molar-refractivity contribution in [2.75, 3.05) is 24.7 Å². The normalized spacial score (nSPS) is 15.8. The lowest BCUT2D eigenvalue weighted by Gasteiger charge is -2.17. The number of ether oxygens (including phenoxy) is 3. The zero-order valence-corrected chi connectivity index (χ0v) is 23.8. The molecule has 208 valence electrons. The number of hydrogen-bond acceptors (Lipinski definition) is 11. The number of aromatic nitrogens is 2. The van der Waals surface area contributed by atoms with Gasteiger partial charge < -0.3 is 30.1 Å². The molecule has 2 aromatic carbocycles. The van der Waals surface area contributed by atoms with E-state index in [1.165, 1.54) is 11.8 Å². The molecule has 1 saturated heterocycles. The van der Waals surface area contributed by atoms with E-state index >= 15 is 0 Å². The highest BCUT2D eigenvalue weighted by atomic mass is 35.5. The first-order chi connectivity index (χ1) is 19.7. The van der Waals surface area contributed by atoms with Crippen LogP contribution in [0.15, 0.2) is 58.0 Å². The lowest BCUT2D eigenvalue weighted by Crippen LogP contribution is -2.25. The molecule has 5 rings (SSSR count). The molecular weight excluding hydrogens is 564 g/mol. The Morgan fingerprint density at radius 3 is 2.34 bits per heavy atom. The Labute approximate surface area is 245 Å². The van der Waals surface area contributed by atoms with Crippen LogP contribution < -0.4 is 16.2 Å². The van der Waals surface area contributed by atoms with Crippen LogP contribution in [0.1, 0.15) is 30.7 Å². The van der Waals surface area contributed by atoms with Gasteiger partial charge in [0.1, 0.15) is 52.7 Å². The largest absolute Gasteiger partial charge is 0.491 e. The number of hydrogen-bond donors (Lipinski definition) is 2. The van der Waals surface area contributed by atoms with E-state index in [0.717, 1.165) is 5.56 Å². The molecule has 0 radical (unpaired) electrons. The topological polar surface area (TPSA) is 166 Å². The smallest absolute Gasteiger partial charge is 0.229 e. The maximum Gasteiger partial charge on any atom is 0.229 e. The summed E-state index contributed by atoms with van der Waals surface area (Å²) < 4.78 is 22.8. The molecule has 12 heteroatoms. The number of halogens is 1. The Morgan fingerprint density at radius 2 is 1.71 bits per heavy atom. The summed E-state index contributed by atoms with van der Waals surface area (Å²) in [6.07, 6.45) is -0.180. The Kier molecular flexibility index (Phi) is 8.06. The fourth-order valence-electron chi connectivity index (χ4n) is 4.26. The average molecular weight is 589 g/mol. The van der Waals surface area contributed by atoms with E-state index < -0.39 is 5.79 Å². The molecule has 4 N–H and O–H groups in total. The van der Waals surface area contributed by atoms with Crippen molar-refractivity contribution in [2.24, 2.45) is 0 Å². The number of nitrogen functional groups attached to an aromatic ring is 2. The molecule has 41 heavy (non-hydrogen) atoms. The molecule has 1 fully saturated rings. The summed E-state index contributed by atoms with van der Waals surface area (Å²) in [5, 5.41) is 20.9. The molecule has 1 aliphatic heterocycles. The predicted molar refractivity (Wildman–Crippen MR) is 155 cm³/mol. The first-order valence-electron chi connectivity index (χ1n) is 12.5. The van der Waals surface area contributed by atoms with Crippen LogP contribution in [0.5, 0.6) is 5.75 Å². The minimum absolute atomic E-state index is 0.0142. The van der Waals surface area contributed by atoms with Crippen molar-refractivity contribution in [1.29, 1.82) is 10.5 Å². The molecule has 4 aromatic rings. The molecule has 0 spiro atoms. The lowest BCUT2D eigenvalue weighted by atomic mass is 9.97. The molecule has 1 aliphatic rings. The number of benzene rings is 2. The first kappa shape index (κ1) is 28.3. The van der Waals surface area contributed by atoms with E-state index in [2.05, 4.69) is 22.1 Å². The van der Waals surface area contributed by atoms with Gasteiger partial charge in [0, 0.05) is 21.9 Å². The van der Waals surface area contributed by atoms with Crippen LogP contribution in [0.25, 0.3) is 22.6 Å². The highest BCUT2D eigenvalue weighted by Gasteiger charge is 2.33. The molecule has 0 amide bonds. The molecule has 1 unspecified atom stereocenters. The molecular formula is C29H25ClN6O4S. The van der Waals surface area contributed by atoms with Crippen LogP contribution in [-0.2, 0) is 15.2 Å². The lowest BCUT2D eigenvalue weighted by molar-refractivity contribution is -0.141. The number of nitrogens with two attached hydrogens (primary N) is 2. The van der Waals surface area contributed by atoms with Crippen LogP contribution in [-0.4, -0.2) is 35.1 Å². The highest BCUT2D eigenvalue weighted by molar-refractivity contribution is 7.98. The van der Waals surface area contributed by atoms with Gasteiger partial charge in [-0.05, 0) is 55.8 Å². The van der Waals surface area contributed by atoms with Crippen molar-refractivity contribution in [1.82, 2.24) is 9.97 Å². The van der Waals surface area contributed by atoms with Gasteiger partial charge in [-0.3, -0.25) is 0 Å². The van der Waals surface area contributed by atoms with E-state index in [-0.39, 0.29) is 34.7 Å². The van der Waals surface area contributed by atoms with Gasteiger partial charge in [-0.15, -0.1) is 0 Å². The molecule has 0 bridgehead atoms. The second-order valence-electron chi connectivity index (χ2n) is 9.56. The zero-order chi connectivity index (χ0) is 29.1.